The highest BCUT2D eigenvalue weighted by molar-refractivity contribution is 14.0. The Morgan fingerprint density at radius 2 is 2.00 bits per heavy atom. The van der Waals surface area contributed by atoms with Gasteiger partial charge in [0.1, 0.15) is 5.75 Å². The van der Waals surface area contributed by atoms with E-state index in [9.17, 15) is 0 Å². The van der Waals surface area contributed by atoms with E-state index in [0.29, 0.717) is 6.54 Å². The largest absolute Gasteiger partial charge is 0.497 e. The molecule has 2 N–H and O–H groups in total. The number of hydrogen-bond acceptors (Lipinski definition) is 4. The minimum Gasteiger partial charge on any atom is -0.497 e. The number of methoxy groups -OCH3 is 1. The molecule has 6 nitrogen and oxygen atoms in total. The number of nitrogens with zero attached hydrogens (tertiary/aromatic N) is 2. The Bertz CT molecular complexity index is 590. The summed E-state index contributed by atoms with van der Waals surface area (Å²) in [5.74, 6) is 1.77. The Morgan fingerprint density at radius 3 is 2.68 bits per heavy atom. The van der Waals surface area contributed by atoms with Crippen LogP contribution >= 0.6 is 24.0 Å². The number of hydrogen-bond donors (Lipinski definition) is 2. The molecule has 1 fully saturated rings. The number of ether oxygens (including phenoxy) is 2. The summed E-state index contributed by atoms with van der Waals surface area (Å²) in [5, 5.41) is 6.81. The summed E-state index contributed by atoms with van der Waals surface area (Å²) < 4.78 is 10.8. The van der Waals surface area contributed by atoms with Crippen LogP contribution < -0.4 is 15.4 Å². The average molecular weight is 504 g/mol. The highest BCUT2D eigenvalue weighted by Gasteiger charge is 2.21. The first kappa shape index (κ1) is 25.0. The molecule has 0 spiro atoms. The van der Waals surface area contributed by atoms with E-state index in [1.165, 1.54) is 5.56 Å². The zero-order valence-electron chi connectivity index (χ0n) is 17.8. The van der Waals surface area contributed by atoms with Crippen molar-refractivity contribution >= 4 is 29.9 Å². The Hall–Kier alpha value is -1.06. The van der Waals surface area contributed by atoms with Crippen molar-refractivity contribution in [3.8, 4) is 5.75 Å². The van der Waals surface area contributed by atoms with Crippen molar-refractivity contribution in [1.29, 1.82) is 0 Å². The van der Waals surface area contributed by atoms with Crippen molar-refractivity contribution in [2.24, 2.45) is 4.99 Å². The van der Waals surface area contributed by atoms with Crippen LogP contribution in [-0.4, -0.2) is 70.5 Å². The second-order valence-corrected chi connectivity index (χ2v) is 7.55. The second-order valence-electron chi connectivity index (χ2n) is 7.55. The third-order valence-electron chi connectivity index (χ3n) is 4.88. The van der Waals surface area contributed by atoms with Crippen molar-refractivity contribution in [2.75, 3.05) is 59.6 Å². The highest BCUT2D eigenvalue weighted by Crippen LogP contribution is 2.26. The maximum atomic E-state index is 5.40. The number of nitrogens with one attached hydrogen (secondary N) is 2. The molecule has 160 valence electrons. The molecular formula is C21H37IN4O2. The summed E-state index contributed by atoms with van der Waals surface area (Å²) in [6, 6.07) is 8.25. The molecule has 1 aliphatic rings. The van der Waals surface area contributed by atoms with E-state index in [4.69, 9.17) is 14.5 Å². The lowest BCUT2D eigenvalue weighted by molar-refractivity contribution is 0.0376. The summed E-state index contributed by atoms with van der Waals surface area (Å²) in [6.45, 7) is 13.9. The number of aliphatic imine (C=N–C) groups is 1. The summed E-state index contributed by atoms with van der Waals surface area (Å²) in [5.41, 5.74) is 1.17. The van der Waals surface area contributed by atoms with Crippen LogP contribution in [0.3, 0.4) is 0 Å². The number of guanidine groups is 1. The lowest BCUT2D eigenvalue weighted by Crippen LogP contribution is -2.41. The average Bonchev–Trinajstić information content (AvgIpc) is 2.70. The van der Waals surface area contributed by atoms with Crippen molar-refractivity contribution in [2.45, 2.75) is 32.6 Å². The summed E-state index contributed by atoms with van der Waals surface area (Å²) in [7, 11) is 1.70. The molecule has 1 aliphatic heterocycles. The fourth-order valence-electron chi connectivity index (χ4n) is 3.09. The quantitative estimate of drug-likeness (QED) is 0.235. The monoisotopic (exact) mass is 504 g/mol. The number of rotatable bonds is 9. The van der Waals surface area contributed by atoms with E-state index in [1.807, 2.05) is 12.1 Å². The van der Waals surface area contributed by atoms with Crippen molar-refractivity contribution in [3.63, 3.8) is 0 Å². The standard InChI is InChI=1S/C21H36N4O2.HI/c1-5-22-20(23-10-7-11-25-12-14-27-15-13-25)24-17-21(2,3)18-8-6-9-19(16-18)26-4;/h6,8-9,16H,5,7,10-15,17H2,1-4H3,(H2,22,23,24);1H. The van der Waals surface area contributed by atoms with Gasteiger partial charge in [0.05, 0.1) is 26.9 Å². The van der Waals surface area contributed by atoms with Gasteiger partial charge in [-0.2, -0.15) is 0 Å². The molecule has 0 amide bonds. The highest BCUT2D eigenvalue weighted by atomic mass is 127. The van der Waals surface area contributed by atoms with Gasteiger partial charge in [-0.1, -0.05) is 26.0 Å². The number of morpholine rings is 1. The molecule has 0 bridgehead atoms. The van der Waals surface area contributed by atoms with Gasteiger partial charge in [-0.15, -0.1) is 24.0 Å². The van der Waals surface area contributed by atoms with Crippen LogP contribution in [0.15, 0.2) is 29.3 Å². The minimum atomic E-state index is -0.0648. The van der Waals surface area contributed by atoms with Gasteiger partial charge in [0.2, 0.25) is 0 Å². The van der Waals surface area contributed by atoms with Crippen LogP contribution in [0.4, 0.5) is 0 Å². The summed E-state index contributed by atoms with van der Waals surface area (Å²) in [6.07, 6.45) is 1.10. The van der Waals surface area contributed by atoms with Gasteiger partial charge >= 0.3 is 0 Å². The Morgan fingerprint density at radius 1 is 1.25 bits per heavy atom. The lowest BCUT2D eigenvalue weighted by Gasteiger charge is -2.26. The van der Waals surface area contributed by atoms with E-state index in [0.717, 1.165) is 64.1 Å². The van der Waals surface area contributed by atoms with Crippen LogP contribution in [0.1, 0.15) is 32.8 Å². The fraction of sp³-hybridized carbons (Fsp3) is 0.667. The topological polar surface area (TPSA) is 58.1 Å². The molecule has 1 aromatic carbocycles. The van der Waals surface area contributed by atoms with Crippen LogP contribution in [0, 0.1) is 0 Å². The first-order valence-electron chi connectivity index (χ1n) is 10.0. The van der Waals surface area contributed by atoms with Gasteiger partial charge in [0, 0.05) is 31.6 Å². The normalized spacial score (nSPS) is 15.6. The molecule has 1 saturated heterocycles. The fourth-order valence-corrected chi connectivity index (χ4v) is 3.09. The van der Waals surface area contributed by atoms with Crippen LogP contribution in [0.25, 0.3) is 0 Å². The molecule has 0 atom stereocenters. The van der Waals surface area contributed by atoms with Gasteiger partial charge in [0.25, 0.3) is 0 Å². The van der Waals surface area contributed by atoms with Gasteiger partial charge in [0.15, 0.2) is 5.96 Å². The zero-order chi connectivity index (χ0) is 19.5. The van der Waals surface area contributed by atoms with E-state index in [2.05, 4.69) is 48.4 Å². The smallest absolute Gasteiger partial charge is 0.191 e. The van der Waals surface area contributed by atoms with Gasteiger partial charge in [-0.3, -0.25) is 9.89 Å². The maximum Gasteiger partial charge on any atom is 0.191 e. The van der Waals surface area contributed by atoms with E-state index >= 15 is 0 Å². The number of halogens is 1. The SMILES string of the molecule is CCNC(=NCC(C)(C)c1cccc(OC)c1)NCCCN1CCOCC1.I. The predicted molar refractivity (Wildman–Crippen MR) is 127 cm³/mol. The molecule has 1 aromatic rings. The van der Waals surface area contributed by atoms with Gasteiger partial charge < -0.3 is 20.1 Å². The van der Waals surface area contributed by atoms with Crippen LogP contribution in [-0.2, 0) is 10.2 Å². The van der Waals surface area contributed by atoms with Gasteiger partial charge in [-0.25, -0.2) is 0 Å². The van der Waals surface area contributed by atoms with Crippen LogP contribution in [0.2, 0.25) is 0 Å². The minimum absolute atomic E-state index is 0. The molecule has 0 aromatic heterocycles. The second kappa shape index (κ2) is 13.2. The zero-order valence-corrected chi connectivity index (χ0v) is 20.1. The predicted octanol–water partition coefficient (Wildman–Crippen LogP) is 2.87. The number of benzene rings is 1. The molecule has 28 heavy (non-hydrogen) atoms. The Labute approximate surface area is 187 Å². The molecule has 2 rings (SSSR count). The van der Waals surface area contributed by atoms with Crippen molar-refractivity contribution in [1.82, 2.24) is 15.5 Å². The van der Waals surface area contributed by atoms with E-state index < -0.39 is 0 Å². The first-order valence-corrected chi connectivity index (χ1v) is 10.0. The molecule has 7 heteroatoms. The molecule has 0 unspecified atom stereocenters. The Balaban J connectivity index is 0.00000392. The molecule has 0 saturated carbocycles. The molecular weight excluding hydrogens is 467 g/mol. The first-order chi connectivity index (χ1) is 13.0. The molecule has 0 radical (unpaired) electrons. The lowest BCUT2D eigenvalue weighted by atomic mass is 9.85. The van der Waals surface area contributed by atoms with E-state index in [1.54, 1.807) is 7.11 Å². The Kier molecular flexibility index (Phi) is 11.8. The summed E-state index contributed by atoms with van der Waals surface area (Å²) >= 11 is 0. The van der Waals surface area contributed by atoms with E-state index in [-0.39, 0.29) is 29.4 Å². The summed E-state index contributed by atoms with van der Waals surface area (Å²) in [4.78, 5) is 7.28. The molecule has 1 heterocycles. The van der Waals surface area contributed by atoms with Crippen molar-refractivity contribution < 1.29 is 9.47 Å². The van der Waals surface area contributed by atoms with Crippen LogP contribution in [0.5, 0.6) is 5.75 Å². The third-order valence-corrected chi connectivity index (χ3v) is 4.88. The maximum absolute atomic E-state index is 5.40. The molecule has 0 aliphatic carbocycles. The van der Waals surface area contributed by atoms with Crippen molar-refractivity contribution in [3.05, 3.63) is 29.8 Å². The van der Waals surface area contributed by atoms with Gasteiger partial charge in [-0.05, 0) is 37.6 Å². The third kappa shape index (κ3) is 8.53.